The zero-order chi connectivity index (χ0) is 23.4. The van der Waals surface area contributed by atoms with E-state index >= 15 is 0 Å². The van der Waals surface area contributed by atoms with Crippen molar-refractivity contribution in [2.75, 3.05) is 0 Å². The molecule has 166 valence electrons. The van der Waals surface area contributed by atoms with E-state index in [1.165, 1.54) is 11.3 Å². The molecule has 0 fully saturated rings. The Bertz CT molecular complexity index is 1570. The molecule has 0 aliphatic carbocycles. The molecule has 8 heteroatoms. The SMILES string of the molecule is Cc1ccc2c(O)c(C(c3cc(Br)cs3)c3c(O)c4ccc(C)cc4oc3=O)c(=O)oc2c1. The average Bonchev–Trinajstić information content (AvgIpc) is 3.17. The normalized spacial score (nSPS) is 11.6. The molecule has 2 aromatic carbocycles. The van der Waals surface area contributed by atoms with Crippen LogP contribution in [0.25, 0.3) is 21.9 Å². The topological polar surface area (TPSA) is 101 Å². The molecule has 5 rings (SSSR count). The smallest absolute Gasteiger partial charge is 0.344 e. The lowest BCUT2D eigenvalue weighted by atomic mass is 9.89. The summed E-state index contributed by atoms with van der Waals surface area (Å²) in [6.45, 7) is 3.69. The second-order valence-corrected chi connectivity index (χ2v) is 9.76. The summed E-state index contributed by atoms with van der Waals surface area (Å²) in [7, 11) is 0. The monoisotopic (exact) mass is 524 g/mol. The van der Waals surface area contributed by atoms with Gasteiger partial charge in [-0.15, -0.1) is 11.3 Å². The fourth-order valence-corrected chi connectivity index (χ4v) is 5.59. The predicted octanol–water partition coefficient (Wildman–Crippen LogP) is 5.93. The maximum Gasteiger partial charge on any atom is 0.344 e. The van der Waals surface area contributed by atoms with E-state index < -0.39 is 17.2 Å². The molecule has 0 aliphatic heterocycles. The lowest BCUT2D eigenvalue weighted by Crippen LogP contribution is -2.20. The molecule has 6 nitrogen and oxygen atoms in total. The first-order valence-corrected chi connectivity index (χ1v) is 11.7. The number of aryl methyl sites for hydroxylation is 2. The molecule has 0 radical (unpaired) electrons. The van der Waals surface area contributed by atoms with Crippen LogP contribution in [-0.2, 0) is 0 Å². The Kier molecular flexibility index (Phi) is 5.14. The zero-order valence-corrected chi connectivity index (χ0v) is 19.9. The summed E-state index contributed by atoms with van der Waals surface area (Å²) in [6, 6.07) is 11.9. The Balaban J connectivity index is 1.89. The number of rotatable bonds is 3. The number of aromatic hydroxyl groups is 2. The van der Waals surface area contributed by atoms with Gasteiger partial charge in [-0.05, 0) is 71.2 Å². The van der Waals surface area contributed by atoms with Crippen molar-refractivity contribution in [1.29, 1.82) is 0 Å². The van der Waals surface area contributed by atoms with E-state index in [0.717, 1.165) is 15.6 Å². The summed E-state index contributed by atoms with van der Waals surface area (Å²) in [5.41, 5.74) is 0.296. The number of hydrogen-bond donors (Lipinski definition) is 2. The van der Waals surface area contributed by atoms with E-state index in [-0.39, 0.29) is 33.8 Å². The van der Waals surface area contributed by atoms with Crippen LogP contribution < -0.4 is 11.3 Å². The van der Waals surface area contributed by atoms with Gasteiger partial charge in [0.2, 0.25) is 0 Å². The van der Waals surface area contributed by atoms with Crippen molar-refractivity contribution in [2.24, 2.45) is 0 Å². The van der Waals surface area contributed by atoms with Crippen LogP contribution in [-0.4, -0.2) is 10.2 Å². The van der Waals surface area contributed by atoms with Gasteiger partial charge < -0.3 is 19.0 Å². The van der Waals surface area contributed by atoms with Crippen molar-refractivity contribution in [2.45, 2.75) is 19.8 Å². The van der Waals surface area contributed by atoms with Crippen LogP contribution in [0.3, 0.4) is 0 Å². The van der Waals surface area contributed by atoms with E-state index in [0.29, 0.717) is 15.6 Å². The van der Waals surface area contributed by atoms with Gasteiger partial charge in [0.1, 0.15) is 22.7 Å². The molecule has 3 aromatic heterocycles. The van der Waals surface area contributed by atoms with E-state index in [1.807, 2.05) is 13.8 Å². The van der Waals surface area contributed by atoms with Gasteiger partial charge in [-0.3, -0.25) is 0 Å². The second kappa shape index (κ2) is 7.90. The van der Waals surface area contributed by atoms with Crippen molar-refractivity contribution in [3.05, 3.63) is 100 Å². The quantitative estimate of drug-likeness (QED) is 0.283. The van der Waals surface area contributed by atoms with Gasteiger partial charge >= 0.3 is 11.3 Å². The first-order valence-electron chi connectivity index (χ1n) is 10.0. The molecule has 3 heterocycles. The minimum Gasteiger partial charge on any atom is -0.507 e. The van der Waals surface area contributed by atoms with Crippen molar-refractivity contribution in [1.82, 2.24) is 0 Å². The summed E-state index contributed by atoms with van der Waals surface area (Å²) in [5, 5.41) is 24.8. The highest BCUT2D eigenvalue weighted by molar-refractivity contribution is 9.10. The predicted molar refractivity (Wildman–Crippen MR) is 131 cm³/mol. The number of benzene rings is 2. The highest BCUT2D eigenvalue weighted by atomic mass is 79.9. The van der Waals surface area contributed by atoms with E-state index in [1.54, 1.807) is 47.8 Å². The molecule has 2 N–H and O–H groups in total. The van der Waals surface area contributed by atoms with Gasteiger partial charge in [-0.2, -0.15) is 0 Å². The lowest BCUT2D eigenvalue weighted by Gasteiger charge is -2.18. The maximum absolute atomic E-state index is 13.1. The number of hydrogen-bond acceptors (Lipinski definition) is 7. The fraction of sp³-hybridized carbons (Fsp3) is 0.120. The van der Waals surface area contributed by atoms with Gasteiger partial charge in [0.15, 0.2) is 0 Å². The third-order valence-electron chi connectivity index (χ3n) is 5.59. The minimum atomic E-state index is -1.11. The summed E-state index contributed by atoms with van der Waals surface area (Å²) in [5.74, 6) is -1.72. The molecule has 0 unspecified atom stereocenters. The number of fused-ring (bicyclic) bond motifs is 2. The molecule has 0 saturated carbocycles. The molecule has 0 atom stereocenters. The number of halogens is 1. The van der Waals surface area contributed by atoms with Crippen LogP contribution >= 0.6 is 27.3 Å². The van der Waals surface area contributed by atoms with E-state index in [2.05, 4.69) is 15.9 Å². The van der Waals surface area contributed by atoms with Gasteiger partial charge in [0.05, 0.1) is 27.8 Å². The molecule has 0 amide bonds. The van der Waals surface area contributed by atoms with Gasteiger partial charge in [-0.1, -0.05) is 12.1 Å². The Morgan fingerprint density at radius 3 is 1.73 bits per heavy atom. The Morgan fingerprint density at radius 1 is 0.818 bits per heavy atom. The van der Waals surface area contributed by atoms with Crippen LogP contribution in [0.5, 0.6) is 11.5 Å². The third-order valence-corrected chi connectivity index (χ3v) is 7.35. The first-order chi connectivity index (χ1) is 15.7. The second-order valence-electron chi connectivity index (χ2n) is 7.90. The molecule has 33 heavy (non-hydrogen) atoms. The van der Waals surface area contributed by atoms with Crippen LogP contribution in [0.15, 0.2) is 70.7 Å². The highest BCUT2D eigenvalue weighted by Gasteiger charge is 2.33. The van der Waals surface area contributed by atoms with Gasteiger partial charge in [0, 0.05) is 14.7 Å². The van der Waals surface area contributed by atoms with Crippen molar-refractivity contribution >= 4 is 49.2 Å². The zero-order valence-electron chi connectivity index (χ0n) is 17.5. The van der Waals surface area contributed by atoms with Crippen LogP contribution in [0.1, 0.15) is 33.0 Å². The lowest BCUT2D eigenvalue weighted by molar-refractivity contribution is 0.442. The van der Waals surface area contributed by atoms with Crippen molar-refractivity contribution in [3.8, 4) is 11.5 Å². The summed E-state index contributed by atoms with van der Waals surface area (Å²) in [6.07, 6.45) is 0. The van der Waals surface area contributed by atoms with Crippen molar-refractivity contribution < 1.29 is 19.0 Å². The Hall–Kier alpha value is -3.36. The molecule has 0 bridgehead atoms. The fourth-order valence-electron chi connectivity index (χ4n) is 4.03. The largest absolute Gasteiger partial charge is 0.507 e. The maximum atomic E-state index is 13.1. The Labute approximate surface area is 199 Å². The molecule has 0 saturated heterocycles. The average molecular weight is 525 g/mol. The van der Waals surface area contributed by atoms with Crippen LogP contribution in [0, 0.1) is 13.8 Å². The summed E-state index contributed by atoms with van der Waals surface area (Å²) >= 11 is 4.67. The van der Waals surface area contributed by atoms with Gasteiger partial charge in [0.25, 0.3) is 0 Å². The van der Waals surface area contributed by atoms with E-state index in [9.17, 15) is 19.8 Å². The minimum absolute atomic E-state index is 0.144. The molecule has 5 aromatic rings. The Morgan fingerprint density at radius 2 is 1.30 bits per heavy atom. The summed E-state index contributed by atoms with van der Waals surface area (Å²) in [4.78, 5) is 26.8. The molecular formula is C25H17BrO6S. The van der Waals surface area contributed by atoms with E-state index in [4.69, 9.17) is 8.83 Å². The van der Waals surface area contributed by atoms with Crippen molar-refractivity contribution in [3.63, 3.8) is 0 Å². The standard InChI is InChI=1S/C25H17BrO6S/c1-11-3-5-14-16(7-11)31-24(29)20(22(14)27)19(18-9-13(26)10-33-18)21-23(28)15-6-4-12(2)8-17(15)32-25(21)30/h3-10,19,27-28H,1-2H3. The van der Waals surface area contributed by atoms with Gasteiger partial charge in [-0.25, -0.2) is 9.59 Å². The third kappa shape index (κ3) is 3.55. The molecule has 0 spiro atoms. The first kappa shape index (κ1) is 21.5. The summed E-state index contributed by atoms with van der Waals surface area (Å²) < 4.78 is 11.8. The molecule has 0 aliphatic rings. The van der Waals surface area contributed by atoms with Crippen LogP contribution in [0.2, 0.25) is 0 Å². The van der Waals surface area contributed by atoms with Crippen LogP contribution in [0.4, 0.5) is 0 Å². The highest BCUT2D eigenvalue weighted by Crippen LogP contribution is 2.44. The molecular weight excluding hydrogens is 508 g/mol. The number of thiophene rings is 1.